The second-order valence-electron chi connectivity index (χ2n) is 3.80. The molecule has 0 bridgehead atoms. The number of aliphatic carboxylic acids is 1. The molecule has 0 aliphatic heterocycles. The van der Waals surface area contributed by atoms with E-state index in [-0.39, 0.29) is 6.42 Å². The van der Waals surface area contributed by atoms with Crippen molar-refractivity contribution in [1.29, 1.82) is 0 Å². The van der Waals surface area contributed by atoms with Crippen LogP contribution in [0.5, 0.6) is 0 Å². The normalized spacial score (nSPS) is 12.4. The van der Waals surface area contributed by atoms with Crippen molar-refractivity contribution >= 4 is 34.2 Å². The van der Waals surface area contributed by atoms with Gasteiger partial charge in [-0.25, -0.2) is 4.98 Å². The molecule has 1 heterocycles. The summed E-state index contributed by atoms with van der Waals surface area (Å²) >= 11 is 3.39. The lowest BCUT2D eigenvalue weighted by Gasteiger charge is -2.07. The highest BCUT2D eigenvalue weighted by atomic mass is 32.2. The van der Waals surface area contributed by atoms with E-state index in [1.807, 2.05) is 17.1 Å². The van der Waals surface area contributed by atoms with Crippen LogP contribution in [-0.2, 0) is 11.2 Å². The summed E-state index contributed by atoms with van der Waals surface area (Å²) in [4.78, 5) is 14.8. The molecule has 0 aliphatic rings. The fourth-order valence-corrected chi connectivity index (χ4v) is 2.37. The van der Waals surface area contributed by atoms with Gasteiger partial charge in [0.1, 0.15) is 0 Å². The van der Waals surface area contributed by atoms with Crippen LogP contribution in [0.25, 0.3) is 0 Å². The van der Waals surface area contributed by atoms with Crippen molar-refractivity contribution in [2.45, 2.75) is 31.4 Å². The van der Waals surface area contributed by atoms with E-state index in [4.69, 9.17) is 5.11 Å². The van der Waals surface area contributed by atoms with E-state index in [9.17, 15) is 4.79 Å². The molecule has 4 nitrogen and oxygen atoms in total. The monoisotopic (exact) mass is 274 g/mol. The number of carbonyl (C=O) groups is 1. The third kappa shape index (κ3) is 5.93. The Morgan fingerprint density at radius 2 is 2.47 bits per heavy atom. The lowest BCUT2D eigenvalue weighted by molar-refractivity contribution is -0.136. The quantitative estimate of drug-likeness (QED) is 0.763. The first kappa shape index (κ1) is 14.3. The van der Waals surface area contributed by atoms with Crippen LogP contribution < -0.4 is 5.32 Å². The molecule has 0 aliphatic carbocycles. The SMILES string of the molecule is CSC(C)CCNc1nc(CCC(=O)O)cs1. The average Bonchev–Trinajstić information content (AvgIpc) is 2.74. The number of thioether (sulfide) groups is 1. The second-order valence-corrected chi connectivity index (χ2v) is 5.93. The average molecular weight is 274 g/mol. The van der Waals surface area contributed by atoms with E-state index in [0.717, 1.165) is 23.8 Å². The zero-order valence-electron chi connectivity index (χ0n) is 10.1. The van der Waals surface area contributed by atoms with Crippen molar-refractivity contribution in [3.05, 3.63) is 11.1 Å². The number of thiazole rings is 1. The van der Waals surface area contributed by atoms with Crippen LogP contribution in [-0.4, -0.2) is 34.1 Å². The largest absolute Gasteiger partial charge is 0.481 e. The van der Waals surface area contributed by atoms with Gasteiger partial charge in [0.25, 0.3) is 0 Å². The molecule has 0 aromatic carbocycles. The number of carboxylic acids is 1. The number of nitrogens with one attached hydrogen (secondary N) is 1. The number of anilines is 1. The van der Waals surface area contributed by atoms with Crippen LogP contribution in [0.4, 0.5) is 5.13 Å². The molecule has 17 heavy (non-hydrogen) atoms. The molecule has 0 saturated heterocycles. The number of rotatable bonds is 8. The van der Waals surface area contributed by atoms with Crippen LogP contribution >= 0.6 is 23.1 Å². The molecule has 0 fully saturated rings. The van der Waals surface area contributed by atoms with E-state index in [0.29, 0.717) is 11.7 Å². The van der Waals surface area contributed by atoms with Gasteiger partial charge in [0.15, 0.2) is 5.13 Å². The van der Waals surface area contributed by atoms with E-state index < -0.39 is 5.97 Å². The summed E-state index contributed by atoms with van der Waals surface area (Å²) in [6, 6.07) is 0. The van der Waals surface area contributed by atoms with Crippen LogP contribution in [0.15, 0.2) is 5.38 Å². The van der Waals surface area contributed by atoms with Crippen molar-refractivity contribution < 1.29 is 9.90 Å². The van der Waals surface area contributed by atoms with Gasteiger partial charge in [0.05, 0.1) is 12.1 Å². The van der Waals surface area contributed by atoms with Crippen molar-refractivity contribution in [2.75, 3.05) is 18.1 Å². The van der Waals surface area contributed by atoms with Crippen molar-refractivity contribution in [3.63, 3.8) is 0 Å². The highest BCUT2D eigenvalue weighted by molar-refractivity contribution is 7.99. The van der Waals surface area contributed by atoms with Gasteiger partial charge in [0.2, 0.25) is 0 Å². The fourth-order valence-electron chi connectivity index (χ4n) is 1.24. The fraction of sp³-hybridized carbons (Fsp3) is 0.636. The Morgan fingerprint density at radius 3 is 3.12 bits per heavy atom. The Hall–Kier alpha value is -0.750. The molecule has 0 radical (unpaired) electrons. The van der Waals surface area contributed by atoms with Crippen LogP contribution in [0.3, 0.4) is 0 Å². The first-order valence-electron chi connectivity index (χ1n) is 5.54. The Bertz CT molecular complexity index is 355. The maximum Gasteiger partial charge on any atom is 0.303 e. The second kappa shape index (κ2) is 7.55. The molecule has 0 amide bonds. The van der Waals surface area contributed by atoms with Gasteiger partial charge in [-0.1, -0.05) is 6.92 Å². The van der Waals surface area contributed by atoms with Gasteiger partial charge < -0.3 is 10.4 Å². The van der Waals surface area contributed by atoms with Crippen molar-refractivity contribution in [2.24, 2.45) is 0 Å². The smallest absolute Gasteiger partial charge is 0.303 e. The van der Waals surface area contributed by atoms with Crippen LogP contribution in [0, 0.1) is 0 Å². The predicted octanol–water partition coefficient (Wildman–Crippen LogP) is 2.71. The van der Waals surface area contributed by atoms with Crippen molar-refractivity contribution in [1.82, 2.24) is 4.98 Å². The molecule has 0 spiro atoms. The summed E-state index contributed by atoms with van der Waals surface area (Å²) in [6.45, 7) is 3.11. The number of aromatic nitrogens is 1. The summed E-state index contributed by atoms with van der Waals surface area (Å²) in [6.07, 6.45) is 3.87. The third-order valence-electron chi connectivity index (χ3n) is 2.38. The number of carboxylic acid groups (broad SMARTS) is 1. The number of aryl methyl sites for hydroxylation is 1. The van der Waals surface area contributed by atoms with E-state index in [2.05, 4.69) is 23.5 Å². The van der Waals surface area contributed by atoms with E-state index in [1.54, 1.807) is 0 Å². The Kier molecular flexibility index (Phi) is 6.36. The molecular weight excluding hydrogens is 256 g/mol. The lowest BCUT2D eigenvalue weighted by Crippen LogP contribution is -2.07. The number of hydrogen-bond donors (Lipinski definition) is 2. The standard InChI is InChI=1S/C11H18N2O2S2/c1-8(16-2)5-6-12-11-13-9(7-17-11)3-4-10(14)15/h7-8H,3-6H2,1-2H3,(H,12,13)(H,14,15). The van der Waals surface area contributed by atoms with Gasteiger partial charge in [-0.3, -0.25) is 4.79 Å². The summed E-state index contributed by atoms with van der Waals surface area (Å²) < 4.78 is 0. The van der Waals surface area contributed by atoms with Crippen molar-refractivity contribution in [3.8, 4) is 0 Å². The van der Waals surface area contributed by atoms with Gasteiger partial charge in [-0.2, -0.15) is 11.8 Å². The first-order valence-corrected chi connectivity index (χ1v) is 7.71. The zero-order valence-corrected chi connectivity index (χ0v) is 11.7. The molecule has 1 aromatic rings. The lowest BCUT2D eigenvalue weighted by atomic mass is 10.2. The molecule has 0 saturated carbocycles. The molecule has 1 rings (SSSR count). The molecule has 1 aromatic heterocycles. The maximum absolute atomic E-state index is 10.4. The van der Waals surface area contributed by atoms with E-state index in [1.165, 1.54) is 11.3 Å². The van der Waals surface area contributed by atoms with Gasteiger partial charge in [-0.15, -0.1) is 11.3 Å². The molecule has 2 N–H and O–H groups in total. The Morgan fingerprint density at radius 1 is 1.71 bits per heavy atom. The minimum Gasteiger partial charge on any atom is -0.481 e. The number of nitrogens with zero attached hydrogens (tertiary/aromatic N) is 1. The summed E-state index contributed by atoms with van der Waals surface area (Å²) in [5, 5.41) is 15.3. The topological polar surface area (TPSA) is 62.2 Å². The zero-order chi connectivity index (χ0) is 12.7. The molecule has 1 unspecified atom stereocenters. The third-order valence-corrected chi connectivity index (χ3v) is 4.27. The highest BCUT2D eigenvalue weighted by Crippen LogP contribution is 2.17. The summed E-state index contributed by atoms with van der Waals surface area (Å²) in [5.41, 5.74) is 0.859. The summed E-state index contributed by atoms with van der Waals surface area (Å²) in [5.74, 6) is -0.777. The Labute approximate surface area is 110 Å². The molecule has 96 valence electrons. The molecular formula is C11H18N2O2S2. The maximum atomic E-state index is 10.4. The van der Waals surface area contributed by atoms with Crippen LogP contribution in [0.1, 0.15) is 25.5 Å². The highest BCUT2D eigenvalue weighted by Gasteiger charge is 2.05. The minimum atomic E-state index is -0.777. The molecule has 6 heteroatoms. The number of hydrogen-bond acceptors (Lipinski definition) is 5. The van der Waals surface area contributed by atoms with Crippen LogP contribution in [0.2, 0.25) is 0 Å². The Balaban J connectivity index is 2.28. The van der Waals surface area contributed by atoms with Gasteiger partial charge in [0, 0.05) is 23.6 Å². The summed E-state index contributed by atoms with van der Waals surface area (Å²) in [7, 11) is 0. The first-order chi connectivity index (χ1) is 8.11. The van der Waals surface area contributed by atoms with Gasteiger partial charge in [-0.05, 0) is 12.7 Å². The van der Waals surface area contributed by atoms with E-state index >= 15 is 0 Å². The van der Waals surface area contributed by atoms with Gasteiger partial charge >= 0.3 is 5.97 Å². The molecule has 1 atom stereocenters. The minimum absolute atomic E-state index is 0.146. The predicted molar refractivity (Wildman–Crippen MR) is 74.2 cm³/mol.